The molecule has 0 saturated heterocycles. The maximum Gasteiger partial charge on any atom is 0.0328 e. The third-order valence-corrected chi connectivity index (χ3v) is 1.77. The molecule has 0 aromatic carbocycles. The molecule has 0 aromatic rings. The fraction of sp³-hybridized carbons (Fsp3) is 0.571. The molecular formula is C7H9S. The van der Waals surface area contributed by atoms with Gasteiger partial charge in [0.2, 0.25) is 0 Å². The second kappa shape index (κ2) is 2.98. The molecule has 1 rings (SSSR count). The zero-order valence-electron chi connectivity index (χ0n) is 4.76. The van der Waals surface area contributed by atoms with Gasteiger partial charge in [0.15, 0.2) is 0 Å². The van der Waals surface area contributed by atoms with Crippen LogP contribution in [0.1, 0.15) is 19.3 Å². The third kappa shape index (κ3) is 1.41. The zero-order chi connectivity index (χ0) is 5.82. The Kier molecular flexibility index (Phi) is 2.22. The largest absolute Gasteiger partial charge is 0.0885 e. The SMILES string of the molecule is S=[C]C1CC=CCC1. The van der Waals surface area contributed by atoms with E-state index < -0.39 is 0 Å². The molecule has 1 aliphatic rings. The van der Waals surface area contributed by atoms with Gasteiger partial charge in [-0.2, -0.15) is 0 Å². The van der Waals surface area contributed by atoms with Gasteiger partial charge in [0.25, 0.3) is 0 Å². The van der Waals surface area contributed by atoms with Crippen molar-refractivity contribution < 1.29 is 0 Å². The fourth-order valence-electron chi connectivity index (χ4n) is 0.901. The summed E-state index contributed by atoms with van der Waals surface area (Å²) in [4.78, 5) is 0. The number of allylic oxidation sites excluding steroid dienone is 2. The molecule has 1 radical (unpaired) electrons. The highest BCUT2D eigenvalue weighted by atomic mass is 32.1. The summed E-state index contributed by atoms with van der Waals surface area (Å²) < 4.78 is 0. The summed E-state index contributed by atoms with van der Waals surface area (Å²) in [6.07, 6.45) is 7.91. The zero-order valence-corrected chi connectivity index (χ0v) is 5.58. The molecule has 0 amide bonds. The molecule has 8 heavy (non-hydrogen) atoms. The summed E-state index contributed by atoms with van der Waals surface area (Å²) in [5.41, 5.74) is 0. The van der Waals surface area contributed by atoms with Crippen molar-refractivity contribution >= 4 is 17.6 Å². The fourth-order valence-corrected chi connectivity index (χ4v) is 1.11. The Balaban J connectivity index is 2.37. The van der Waals surface area contributed by atoms with Crippen molar-refractivity contribution in [3.63, 3.8) is 0 Å². The normalized spacial score (nSPS) is 27.8. The second-order valence-electron chi connectivity index (χ2n) is 2.10. The summed E-state index contributed by atoms with van der Waals surface area (Å²) >= 11 is 4.69. The van der Waals surface area contributed by atoms with Gasteiger partial charge in [-0.15, -0.1) is 0 Å². The minimum Gasteiger partial charge on any atom is -0.0885 e. The number of hydrogen-bond acceptors (Lipinski definition) is 1. The second-order valence-corrected chi connectivity index (χ2v) is 2.33. The molecule has 1 atom stereocenters. The van der Waals surface area contributed by atoms with Gasteiger partial charge in [0, 0.05) is 5.37 Å². The number of thiocarbonyl (C=S) groups is 1. The van der Waals surface area contributed by atoms with Crippen LogP contribution in [0.3, 0.4) is 0 Å². The Labute approximate surface area is 55.6 Å². The van der Waals surface area contributed by atoms with Gasteiger partial charge in [0.05, 0.1) is 0 Å². The first-order chi connectivity index (χ1) is 3.93. The van der Waals surface area contributed by atoms with E-state index in [4.69, 9.17) is 0 Å². The molecule has 1 heteroatoms. The lowest BCUT2D eigenvalue weighted by Gasteiger charge is -2.09. The van der Waals surface area contributed by atoms with E-state index in [2.05, 4.69) is 29.7 Å². The summed E-state index contributed by atoms with van der Waals surface area (Å²) in [6, 6.07) is 0. The van der Waals surface area contributed by atoms with Crippen LogP contribution in [-0.4, -0.2) is 5.37 Å². The van der Waals surface area contributed by atoms with Gasteiger partial charge >= 0.3 is 0 Å². The predicted molar refractivity (Wildman–Crippen MR) is 39.1 cm³/mol. The molecular weight excluding hydrogens is 116 g/mol. The van der Waals surface area contributed by atoms with Crippen LogP contribution in [0.15, 0.2) is 12.2 Å². The first-order valence-corrected chi connectivity index (χ1v) is 3.37. The van der Waals surface area contributed by atoms with Gasteiger partial charge in [-0.25, -0.2) is 0 Å². The van der Waals surface area contributed by atoms with E-state index >= 15 is 0 Å². The average molecular weight is 125 g/mol. The van der Waals surface area contributed by atoms with Crippen molar-refractivity contribution in [1.82, 2.24) is 0 Å². The molecule has 0 aromatic heterocycles. The van der Waals surface area contributed by atoms with Crippen LogP contribution in [0.25, 0.3) is 0 Å². The molecule has 1 aliphatic carbocycles. The Morgan fingerprint density at radius 1 is 1.50 bits per heavy atom. The Bertz CT molecular complexity index is 105. The van der Waals surface area contributed by atoms with Crippen LogP contribution in [0, 0.1) is 5.92 Å². The van der Waals surface area contributed by atoms with Crippen LogP contribution in [-0.2, 0) is 0 Å². The highest BCUT2D eigenvalue weighted by molar-refractivity contribution is 7.79. The molecule has 0 spiro atoms. The Hall–Kier alpha value is -0.170. The van der Waals surface area contributed by atoms with E-state index in [0.29, 0.717) is 5.92 Å². The van der Waals surface area contributed by atoms with Crippen molar-refractivity contribution in [3.8, 4) is 0 Å². The Morgan fingerprint density at radius 2 is 2.38 bits per heavy atom. The molecule has 0 fully saturated rings. The quantitative estimate of drug-likeness (QED) is 0.382. The lowest BCUT2D eigenvalue weighted by Crippen LogP contribution is -2.01. The van der Waals surface area contributed by atoms with Gasteiger partial charge in [-0.3, -0.25) is 0 Å². The molecule has 0 nitrogen and oxygen atoms in total. The molecule has 43 valence electrons. The van der Waals surface area contributed by atoms with E-state index in [1.807, 2.05) is 0 Å². The minimum atomic E-state index is 0.565. The van der Waals surface area contributed by atoms with Gasteiger partial charge < -0.3 is 0 Å². The van der Waals surface area contributed by atoms with Crippen LogP contribution < -0.4 is 0 Å². The minimum absolute atomic E-state index is 0.565. The van der Waals surface area contributed by atoms with Crippen LogP contribution in [0.4, 0.5) is 0 Å². The smallest absolute Gasteiger partial charge is 0.0328 e. The van der Waals surface area contributed by atoms with Gasteiger partial charge in [0.1, 0.15) is 0 Å². The summed E-state index contributed by atoms with van der Waals surface area (Å²) in [5.74, 6) is 0.565. The first-order valence-electron chi connectivity index (χ1n) is 2.96. The summed E-state index contributed by atoms with van der Waals surface area (Å²) in [5, 5.41) is 2.84. The standard InChI is InChI=1S/C7H9S/c8-6-7-4-2-1-3-5-7/h1-2,7H,3-5H2. The van der Waals surface area contributed by atoms with Crippen LogP contribution in [0.2, 0.25) is 0 Å². The highest BCUT2D eigenvalue weighted by Gasteiger charge is 2.04. The lowest BCUT2D eigenvalue weighted by atomic mass is 9.97. The molecule has 0 N–H and O–H groups in total. The molecule has 0 heterocycles. The monoisotopic (exact) mass is 125 g/mol. The van der Waals surface area contributed by atoms with Crippen molar-refractivity contribution in [2.24, 2.45) is 5.92 Å². The lowest BCUT2D eigenvalue weighted by molar-refractivity contribution is 0.633. The van der Waals surface area contributed by atoms with Crippen molar-refractivity contribution in [1.29, 1.82) is 0 Å². The van der Waals surface area contributed by atoms with Gasteiger partial charge in [-0.05, 0) is 25.2 Å². The van der Waals surface area contributed by atoms with E-state index in [-0.39, 0.29) is 0 Å². The maximum absolute atomic E-state index is 4.69. The van der Waals surface area contributed by atoms with Crippen LogP contribution in [0.5, 0.6) is 0 Å². The van der Waals surface area contributed by atoms with E-state index in [1.54, 1.807) is 0 Å². The van der Waals surface area contributed by atoms with Crippen molar-refractivity contribution in [2.75, 3.05) is 0 Å². The molecule has 0 bridgehead atoms. The number of hydrogen-bond donors (Lipinski definition) is 0. The van der Waals surface area contributed by atoms with E-state index in [9.17, 15) is 0 Å². The van der Waals surface area contributed by atoms with E-state index in [1.165, 1.54) is 12.8 Å². The predicted octanol–water partition coefficient (Wildman–Crippen LogP) is 2.22. The van der Waals surface area contributed by atoms with Crippen molar-refractivity contribution in [2.45, 2.75) is 19.3 Å². The molecule has 0 aliphatic heterocycles. The molecule has 0 saturated carbocycles. The van der Waals surface area contributed by atoms with Gasteiger partial charge in [-0.1, -0.05) is 24.4 Å². The maximum atomic E-state index is 4.69. The van der Waals surface area contributed by atoms with Crippen molar-refractivity contribution in [3.05, 3.63) is 12.2 Å². The highest BCUT2D eigenvalue weighted by Crippen LogP contribution is 2.15. The average Bonchev–Trinajstić information content (AvgIpc) is 1.90. The Morgan fingerprint density at radius 3 is 2.75 bits per heavy atom. The van der Waals surface area contributed by atoms with E-state index in [0.717, 1.165) is 6.42 Å². The summed E-state index contributed by atoms with van der Waals surface area (Å²) in [7, 11) is 0. The number of rotatable bonds is 1. The first kappa shape index (κ1) is 5.96. The third-order valence-electron chi connectivity index (χ3n) is 1.44. The molecule has 1 unspecified atom stereocenters. The summed E-state index contributed by atoms with van der Waals surface area (Å²) in [6.45, 7) is 0. The topological polar surface area (TPSA) is 0 Å². The van der Waals surface area contributed by atoms with Crippen LogP contribution >= 0.6 is 12.2 Å².